The summed E-state index contributed by atoms with van der Waals surface area (Å²) in [7, 11) is 0. The number of urea groups is 1. The average molecular weight is 281 g/mol. The molecular formula is C12H15N3O3S. The summed E-state index contributed by atoms with van der Waals surface area (Å²) < 4.78 is 5.02. The van der Waals surface area contributed by atoms with Crippen LogP contribution in [0, 0.1) is 6.92 Å². The van der Waals surface area contributed by atoms with Gasteiger partial charge in [-0.2, -0.15) is 11.3 Å². The highest BCUT2D eigenvalue weighted by molar-refractivity contribution is 7.07. The standard InChI is InChI=1S/C12H15N3O3S/c1-8-10(15-7-18-8)4-13-12(17)14-5-11(16)9-2-3-19-6-9/h2-3,6-7,11,16H,4-5H2,1H3,(H2,13,14,17). The van der Waals surface area contributed by atoms with Gasteiger partial charge in [0, 0.05) is 6.54 Å². The van der Waals surface area contributed by atoms with Crippen molar-refractivity contribution in [2.75, 3.05) is 6.54 Å². The molecule has 0 saturated heterocycles. The van der Waals surface area contributed by atoms with Crippen LogP contribution in [0.15, 0.2) is 27.6 Å². The Bertz CT molecular complexity index is 524. The Balaban J connectivity index is 1.72. The molecule has 19 heavy (non-hydrogen) atoms. The van der Waals surface area contributed by atoms with Gasteiger partial charge in [-0.05, 0) is 29.3 Å². The first-order valence-electron chi connectivity index (χ1n) is 5.77. The van der Waals surface area contributed by atoms with Crippen molar-refractivity contribution >= 4 is 17.4 Å². The van der Waals surface area contributed by atoms with Crippen LogP contribution in [0.4, 0.5) is 4.79 Å². The lowest BCUT2D eigenvalue weighted by atomic mass is 10.2. The van der Waals surface area contributed by atoms with Gasteiger partial charge in [-0.15, -0.1) is 0 Å². The van der Waals surface area contributed by atoms with E-state index in [1.807, 2.05) is 16.8 Å². The van der Waals surface area contributed by atoms with Crippen LogP contribution in [0.3, 0.4) is 0 Å². The highest BCUT2D eigenvalue weighted by Crippen LogP contribution is 2.14. The van der Waals surface area contributed by atoms with Gasteiger partial charge < -0.3 is 20.2 Å². The van der Waals surface area contributed by atoms with Gasteiger partial charge in [0.15, 0.2) is 6.39 Å². The maximum atomic E-state index is 11.5. The predicted molar refractivity (Wildman–Crippen MR) is 70.8 cm³/mol. The van der Waals surface area contributed by atoms with E-state index in [0.29, 0.717) is 18.0 Å². The Morgan fingerprint density at radius 3 is 3.05 bits per heavy atom. The van der Waals surface area contributed by atoms with Gasteiger partial charge in [-0.1, -0.05) is 0 Å². The molecule has 2 rings (SSSR count). The van der Waals surface area contributed by atoms with Crippen LogP contribution in [0.1, 0.15) is 23.1 Å². The number of aryl methyl sites for hydroxylation is 1. The molecule has 2 heterocycles. The number of hydrogen-bond donors (Lipinski definition) is 3. The molecule has 3 N–H and O–H groups in total. The summed E-state index contributed by atoms with van der Waals surface area (Å²) in [6.45, 7) is 2.24. The molecule has 102 valence electrons. The summed E-state index contributed by atoms with van der Waals surface area (Å²) in [6, 6.07) is 1.48. The molecule has 2 aromatic rings. The fraction of sp³-hybridized carbons (Fsp3) is 0.333. The number of amides is 2. The van der Waals surface area contributed by atoms with Crippen molar-refractivity contribution in [1.29, 1.82) is 0 Å². The smallest absolute Gasteiger partial charge is 0.315 e. The molecule has 0 radical (unpaired) electrons. The molecule has 7 heteroatoms. The van der Waals surface area contributed by atoms with Gasteiger partial charge in [-0.25, -0.2) is 9.78 Å². The molecule has 2 aromatic heterocycles. The van der Waals surface area contributed by atoms with Crippen LogP contribution in [0.25, 0.3) is 0 Å². The first-order valence-corrected chi connectivity index (χ1v) is 6.72. The molecule has 1 unspecified atom stereocenters. The number of aliphatic hydroxyl groups is 1. The molecule has 0 saturated carbocycles. The minimum absolute atomic E-state index is 0.167. The van der Waals surface area contributed by atoms with Crippen molar-refractivity contribution in [1.82, 2.24) is 15.6 Å². The van der Waals surface area contributed by atoms with Gasteiger partial charge in [0.25, 0.3) is 0 Å². The predicted octanol–water partition coefficient (Wildman–Crippen LogP) is 1.58. The molecule has 0 bridgehead atoms. The second-order valence-electron chi connectivity index (χ2n) is 3.99. The fourth-order valence-electron chi connectivity index (χ4n) is 1.50. The molecule has 2 amide bonds. The molecule has 0 aliphatic rings. The third-order valence-electron chi connectivity index (χ3n) is 2.64. The van der Waals surface area contributed by atoms with Crippen molar-refractivity contribution in [2.24, 2.45) is 0 Å². The van der Waals surface area contributed by atoms with Crippen LogP contribution in [-0.2, 0) is 6.54 Å². The second-order valence-corrected chi connectivity index (χ2v) is 4.77. The number of rotatable bonds is 5. The van der Waals surface area contributed by atoms with Crippen molar-refractivity contribution in [3.05, 3.63) is 40.2 Å². The number of nitrogens with zero attached hydrogens (tertiary/aromatic N) is 1. The normalized spacial score (nSPS) is 12.1. The highest BCUT2D eigenvalue weighted by Gasteiger charge is 2.10. The minimum atomic E-state index is -0.689. The minimum Gasteiger partial charge on any atom is -0.448 e. The second kappa shape index (κ2) is 6.35. The molecular weight excluding hydrogens is 266 g/mol. The number of thiophene rings is 1. The van der Waals surface area contributed by atoms with Gasteiger partial charge >= 0.3 is 6.03 Å². The van der Waals surface area contributed by atoms with Crippen LogP contribution in [0.2, 0.25) is 0 Å². The van der Waals surface area contributed by atoms with E-state index in [9.17, 15) is 9.90 Å². The van der Waals surface area contributed by atoms with Gasteiger partial charge in [0.1, 0.15) is 11.5 Å². The lowest BCUT2D eigenvalue weighted by Crippen LogP contribution is -2.37. The summed E-state index contributed by atoms with van der Waals surface area (Å²) in [4.78, 5) is 15.5. The Morgan fingerprint density at radius 1 is 1.58 bits per heavy atom. The van der Waals surface area contributed by atoms with Crippen molar-refractivity contribution in [3.8, 4) is 0 Å². The number of oxazole rings is 1. The molecule has 0 fully saturated rings. The Kier molecular flexibility index (Phi) is 4.53. The van der Waals surface area contributed by atoms with Crippen molar-refractivity contribution in [2.45, 2.75) is 19.6 Å². The van der Waals surface area contributed by atoms with Gasteiger partial charge in [-0.3, -0.25) is 0 Å². The summed E-state index contributed by atoms with van der Waals surface area (Å²) in [6.07, 6.45) is 0.649. The van der Waals surface area contributed by atoms with E-state index < -0.39 is 6.10 Å². The van der Waals surface area contributed by atoms with Crippen LogP contribution in [0.5, 0.6) is 0 Å². The zero-order chi connectivity index (χ0) is 13.7. The fourth-order valence-corrected chi connectivity index (χ4v) is 2.20. The van der Waals surface area contributed by atoms with E-state index in [2.05, 4.69) is 15.6 Å². The van der Waals surface area contributed by atoms with E-state index in [1.54, 1.807) is 6.92 Å². The summed E-state index contributed by atoms with van der Waals surface area (Å²) in [5, 5.41) is 18.8. The van der Waals surface area contributed by atoms with E-state index >= 15 is 0 Å². The molecule has 0 spiro atoms. The molecule has 6 nitrogen and oxygen atoms in total. The number of carbonyl (C=O) groups is 1. The number of aromatic nitrogens is 1. The maximum absolute atomic E-state index is 11.5. The zero-order valence-corrected chi connectivity index (χ0v) is 11.2. The summed E-state index contributed by atoms with van der Waals surface area (Å²) >= 11 is 1.51. The Hall–Kier alpha value is -1.86. The lowest BCUT2D eigenvalue weighted by Gasteiger charge is -2.11. The lowest BCUT2D eigenvalue weighted by molar-refractivity contribution is 0.173. The monoisotopic (exact) mass is 281 g/mol. The molecule has 0 aliphatic heterocycles. The number of aliphatic hydroxyl groups excluding tert-OH is 1. The Labute approximate surface area is 114 Å². The number of carbonyl (C=O) groups excluding carboxylic acids is 1. The quantitative estimate of drug-likeness (QED) is 0.776. The largest absolute Gasteiger partial charge is 0.448 e. The van der Waals surface area contributed by atoms with E-state index in [0.717, 1.165) is 5.56 Å². The third-order valence-corrected chi connectivity index (χ3v) is 3.35. The molecule has 1 atom stereocenters. The summed E-state index contributed by atoms with van der Waals surface area (Å²) in [5.74, 6) is 0.679. The third kappa shape index (κ3) is 3.80. The number of hydrogen-bond acceptors (Lipinski definition) is 5. The van der Waals surface area contributed by atoms with E-state index in [1.165, 1.54) is 17.7 Å². The molecule has 0 aliphatic carbocycles. The maximum Gasteiger partial charge on any atom is 0.315 e. The highest BCUT2D eigenvalue weighted by atomic mass is 32.1. The summed E-state index contributed by atoms with van der Waals surface area (Å²) in [5.41, 5.74) is 1.49. The average Bonchev–Trinajstić information content (AvgIpc) is 3.05. The topological polar surface area (TPSA) is 87.4 Å². The van der Waals surface area contributed by atoms with Crippen LogP contribution < -0.4 is 10.6 Å². The van der Waals surface area contributed by atoms with Gasteiger partial charge in [0.2, 0.25) is 0 Å². The SMILES string of the molecule is Cc1ocnc1CNC(=O)NCC(O)c1ccsc1. The first-order chi connectivity index (χ1) is 9.16. The van der Waals surface area contributed by atoms with Crippen LogP contribution >= 0.6 is 11.3 Å². The zero-order valence-electron chi connectivity index (χ0n) is 10.4. The van der Waals surface area contributed by atoms with E-state index in [-0.39, 0.29) is 12.6 Å². The number of nitrogens with one attached hydrogen (secondary N) is 2. The Morgan fingerprint density at radius 2 is 2.42 bits per heavy atom. The van der Waals surface area contributed by atoms with E-state index in [4.69, 9.17) is 4.42 Å². The van der Waals surface area contributed by atoms with Crippen molar-refractivity contribution in [3.63, 3.8) is 0 Å². The molecule has 0 aromatic carbocycles. The first kappa shape index (κ1) is 13.6. The van der Waals surface area contributed by atoms with Gasteiger partial charge in [0.05, 0.1) is 12.6 Å². The van der Waals surface area contributed by atoms with Crippen molar-refractivity contribution < 1.29 is 14.3 Å². The van der Waals surface area contributed by atoms with Crippen LogP contribution in [-0.4, -0.2) is 22.7 Å².